The molecule has 2 saturated carbocycles. The summed E-state index contributed by atoms with van der Waals surface area (Å²) in [5.41, 5.74) is -0.919. The summed E-state index contributed by atoms with van der Waals surface area (Å²) >= 11 is 0. The summed E-state index contributed by atoms with van der Waals surface area (Å²) in [4.78, 5) is 35.0. The van der Waals surface area contributed by atoms with Gasteiger partial charge in [0.05, 0.1) is 5.41 Å². The number of amides is 2. The first-order valence-electron chi connectivity index (χ1n) is 13.6. The number of carbonyl (C=O) groups is 2. The molecule has 1 saturated heterocycles. The van der Waals surface area contributed by atoms with E-state index in [2.05, 4.69) is 16.5 Å². The number of alkyl halides is 3. The summed E-state index contributed by atoms with van der Waals surface area (Å²) < 4.78 is 41.3. The minimum Gasteiger partial charge on any atom is -0.351 e. The van der Waals surface area contributed by atoms with E-state index >= 15 is 0 Å². The van der Waals surface area contributed by atoms with Crippen LogP contribution in [-0.2, 0) is 15.0 Å². The van der Waals surface area contributed by atoms with Crippen molar-refractivity contribution >= 4 is 17.5 Å². The van der Waals surface area contributed by atoms with Gasteiger partial charge >= 0.3 is 6.18 Å². The SMILES string of the molecule is N#CN1CCCC1C(=O)N(c1ccc(C2(C(F)(F)F)CC2)cc1)C(C(=O)NC1CCCCC1)c1cccnc1. The Labute approximate surface area is 226 Å². The van der Waals surface area contributed by atoms with E-state index in [1.807, 2.05) is 0 Å². The molecule has 7 nitrogen and oxygen atoms in total. The first kappa shape index (κ1) is 27.0. The summed E-state index contributed by atoms with van der Waals surface area (Å²) in [5, 5.41) is 12.8. The monoisotopic (exact) mass is 539 g/mol. The Balaban J connectivity index is 1.55. The lowest BCUT2D eigenvalue weighted by Gasteiger charge is -2.35. The predicted molar refractivity (Wildman–Crippen MR) is 138 cm³/mol. The number of halogens is 3. The van der Waals surface area contributed by atoms with Crippen LogP contribution >= 0.6 is 0 Å². The van der Waals surface area contributed by atoms with Crippen molar-refractivity contribution in [2.45, 2.75) is 87.5 Å². The molecular formula is C29H32F3N5O2. The lowest BCUT2D eigenvalue weighted by molar-refractivity contribution is -0.160. The molecule has 3 aliphatic rings. The number of hydrogen-bond acceptors (Lipinski definition) is 5. The molecule has 39 heavy (non-hydrogen) atoms. The topological polar surface area (TPSA) is 89.3 Å². The van der Waals surface area contributed by atoms with Gasteiger partial charge in [0.15, 0.2) is 6.19 Å². The largest absolute Gasteiger partial charge is 0.398 e. The zero-order valence-electron chi connectivity index (χ0n) is 21.7. The second kappa shape index (κ2) is 10.9. The van der Waals surface area contributed by atoms with Crippen molar-refractivity contribution in [1.82, 2.24) is 15.2 Å². The van der Waals surface area contributed by atoms with E-state index in [0.29, 0.717) is 30.6 Å². The van der Waals surface area contributed by atoms with Crippen LogP contribution in [0.4, 0.5) is 18.9 Å². The molecule has 1 aliphatic heterocycles. The molecule has 1 N–H and O–H groups in total. The van der Waals surface area contributed by atoms with Crippen molar-refractivity contribution in [3.05, 3.63) is 59.9 Å². The van der Waals surface area contributed by atoms with Crippen molar-refractivity contribution in [2.75, 3.05) is 11.4 Å². The fourth-order valence-electron chi connectivity index (χ4n) is 5.99. The maximum Gasteiger partial charge on any atom is 0.398 e. The van der Waals surface area contributed by atoms with E-state index in [-0.39, 0.29) is 30.4 Å². The lowest BCUT2D eigenvalue weighted by atomic mass is 9.93. The Morgan fingerprint density at radius 2 is 1.79 bits per heavy atom. The van der Waals surface area contributed by atoms with Crippen molar-refractivity contribution < 1.29 is 22.8 Å². The van der Waals surface area contributed by atoms with Crippen LogP contribution in [-0.4, -0.2) is 46.5 Å². The summed E-state index contributed by atoms with van der Waals surface area (Å²) in [6.07, 6.45) is 6.78. The fourth-order valence-corrected chi connectivity index (χ4v) is 5.99. The highest BCUT2D eigenvalue weighted by Crippen LogP contribution is 2.59. The first-order chi connectivity index (χ1) is 18.7. The van der Waals surface area contributed by atoms with Gasteiger partial charge in [-0.3, -0.25) is 24.4 Å². The number of nitrogens with zero attached hydrogens (tertiary/aromatic N) is 4. The van der Waals surface area contributed by atoms with Crippen molar-refractivity contribution in [2.24, 2.45) is 0 Å². The maximum atomic E-state index is 14.1. The first-order valence-corrected chi connectivity index (χ1v) is 13.6. The molecule has 2 aromatic rings. The molecule has 2 heterocycles. The van der Waals surface area contributed by atoms with Crippen LogP contribution in [0.5, 0.6) is 0 Å². The highest BCUT2D eigenvalue weighted by molar-refractivity contribution is 6.04. The van der Waals surface area contributed by atoms with Gasteiger partial charge in [0, 0.05) is 36.2 Å². The number of benzene rings is 1. The molecule has 206 valence electrons. The average molecular weight is 540 g/mol. The van der Waals surface area contributed by atoms with Gasteiger partial charge < -0.3 is 5.32 Å². The van der Waals surface area contributed by atoms with Crippen LogP contribution < -0.4 is 10.2 Å². The van der Waals surface area contributed by atoms with Gasteiger partial charge in [-0.05, 0) is 62.3 Å². The predicted octanol–water partition coefficient (Wildman–Crippen LogP) is 5.14. The van der Waals surface area contributed by atoms with Crippen LogP contribution in [0.15, 0.2) is 48.8 Å². The Hall–Kier alpha value is -3.61. The van der Waals surface area contributed by atoms with Gasteiger partial charge in [-0.1, -0.05) is 37.5 Å². The molecule has 2 unspecified atom stereocenters. The number of hydrogen-bond donors (Lipinski definition) is 1. The molecule has 10 heteroatoms. The summed E-state index contributed by atoms with van der Waals surface area (Å²) in [5.74, 6) is -0.811. The Bertz CT molecular complexity index is 1220. The quantitative estimate of drug-likeness (QED) is 0.492. The van der Waals surface area contributed by atoms with Gasteiger partial charge in [0.25, 0.3) is 5.91 Å². The second-order valence-electron chi connectivity index (χ2n) is 10.8. The van der Waals surface area contributed by atoms with Crippen molar-refractivity contribution in [3.63, 3.8) is 0 Å². The number of anilines is 1. The minimum absolute atomic E-state index is 0.0200. The Kier molecular flexibility index (Phi) is 7.52. The molecule has 2 aliphatic carbocycles. The zero-order chi connectivity index (χ0) is 27.6. The van der Waals surface area contributed by atoms with Crippen LogP contribution in [0.1, 0.15) is 75.0 Å². The number of carbonyl (C=O) groups excluding carboxylic acids is 2. The molecule has 5 rings (SSSR count). The van der Waals surface area contributed by atoms with Crippen molar-refractivity contribution in [1.29, 1.82) is 5.26 Å². The number of nitriles is 1. The van der Waals surface area contributed by atoms with E-state index in [1.165, 1.54) is 40.3 Å². The third-order valence-electron chi connectivity index (χ3n) is 8.35. The van der Waals surface area contributed by atoms with Crippen LogP contribution in [0.2, 0.25) is 0 Å². The molecule has 2 amide bonds. The molecule has 0 bridgehead atoms. The molecule has 2 atom stereocenters. The van der Waals surface area contributed by atoms with E-state index in [4.69, 9.17) is 0 Å². The van der Waals surface area contributed by atoms with E-state index in [0.717, 1.165) is 32.1 Å². The van der Waals surface area contributed by atoms with Gasteiger partial charge in [-0.2, -0.15) is 18.4 Å². The third-order valence-corrected chi connectivity index (χ3v) is 8.35. The van der Waals surface area contributed by atoms with Gasteiger partial charge in [0.2, 0.25) is 5.91 Å². The van der Waals surface area contributed by atoms with Crippen LogP contribution in [0.25, 0.3) is 0 Å². The fraction of sp³-hybridized carbons (Fsp3) is 0.517. The number of nitrogens with one attached hydrogen (secondary N) is 1. The summed E-state index contributed by atoms with van der Waals surface area (Å²) in [7, 11) is 0. The average Bonchev–Trinajstić information content (AvgIpc) is 3.64. The number of rotatable bonds is 7. The highest BCUT2D eigenvalue weighted by Gasteiger charge is 2.64. The van der Waals surface area contributed by atoms with Gasteiger partial charge in [0.1, 0.15) is 12.1 Å². The minimum atomic E-state index is -4.36. The number of aromatic nitrogens is 1. The van der Waals surface area contributed by atoms with E-state index < -0.39 is 29.6 Å². The second-order valence-corrected chi connectivity index (χ2v) is 10.8. The van der Waals surface area contributed by atoms with Gasteiger partial charge in [-0.15, -0.1) is 0 Å². The van der Waals surface area contributed by atoms with Crippen LogP contribution in [0.3, 0.4) is 0 Å². The molecule has 0 radical (unpaired) electrons. The smallest absolute Gasteiger partial charge is 0.351 e. The van der Waals surface area contributed by atoms with Crippen LogP contribution in [0, 0.1) is 11.5 Å². The molecule has 1 aromatic carbocycles. The summed E-state index contributed by atoms with van der Waals surface area (Å²) in [6, 6.07) is 7.31. The van der Waals surface area contributed by atoms with E-state index in [1.54, 1.807) is 18.3 Å². The Morgan fingerprint density at radius 3 is 2.38 bits per heavy atom. The van der Waals surface area contributed by atoms with E-state index in [9.17, 15) is 28.0 Å². The summed E-state index contributed by atoms with van der Waals surface area (Å²) in [6.45, 7) is 0.430. The highest BCUT2D eigenvalue weighted by atomic mass is 19.4. The van der Waals surface area contributed by atoms with Crippen molar-refractivity contribution in [3.8, 4) is 6.19 Å². The number of pyridine rings is 1. The third kappa shape index (κ3) is 5.32. The maximum absolute atomic E-state index is 14.1. The molecule has 0 spiro atoms. The molecular weight excluding hydrogens is 507 g/mol. The standard InChI is InChI=1S/C29H32F3N5O2/c30-29(31,32)28(14-15-28)21-10-12-23(13-11-21)37(27(39)24-9-5-17-36(24)19-33)25(20-6-4-16-34-18-20)26(38)35-22-7-2-1-3-8-22/h4,6,10-13,16,18,22,24-25H,1-3,5,7-9,14-15,17H2,(H,35,38). The molecule has 1 aromatic heterocycles. The lowest BCUT2D eigenvalue weighted by Crippen LogP contribution is -2.51. The molecule has 3 fully saturated rings. The normalized spacial score (nSPS) is 21.6. The number of likely N-dealkylation sites (tertiary alicyclic amines) is 1. The Morgan fingerprint density at radius 1 is 1.08 bits per heavy atom. The van der Waals surface area contributed by atoms with Gasteiger partial charge in [-0.25, -0.2) is 0 Å². The zero-order valence-corrected chi connectivity index (χ0v) is 21.7.